The molecule has 1 N–H and O–H groups in total. The van der Waals surface area contributed by atoms with Crippen molar-refractivity contribution in [3.05, 3.63) is 48.7 Å². The van der Waals surface area contributed by atoms with Crippen LogP contribution in [0.15, 0.2) is 58.5 Å². The number of aromatic nitrogens is 1. The average molecular weight is 454 g/mol. The lowest BCUT2D eigenvalue weighted by Gasteiger charge is -2.33. The van der Waals surface area contributed by atoms with E-state index in [1.807, 2.05) is 0 Å². The number of piperazine rings is 1. The molecule has 1 aromatic heterocycles. The maximum absolute atomic E-state index is 12.7. The summed E-state index contributed by atoms with van der Waals surface area (Å²) in [5.41, 5.74) is 0. The Labute approximate surface area is 176 Å². The zero-order valence-electron chi connectivity index (χ0n) is 16.6. The predicted octanol–water partition coefficient (Wildman–Crippen LogP) is 0.870. The number of hydrogen-bond donors (Lipinski definition) is 1. The lowest BCUT2D eigenvalue weighted by Crippen LogP contribution is -2.51. The van der Waals surface area contributed by atoms with Crippen LogP contribution in [0.1, 0.15) is 0 Å². The van der Waals surface area contributed by atoms with Crippen LogP contribution in [0.2, 0.25) is 0 Å². The molecule has 0 bridgehead atoms. The summed E-state index contributed by atoms with van der Waals surface area (Å²) >= 11 is 0. The summed E-state index contributed by atoms with van der Waals surface area (Å²) in [4.78, 5) is 18.2. The van der Waals surface area contributed by atoms with Crippen LogP contribution < -0.4 is 5.32 Å². The molecule has 30 heavy (non-hydrogen) atoms. The second kappa shape index (κ2) is 8.68. The Bertz CT molecular complexity index is 1100. The highest BCUT2D eigenvalue weighted by Gasteiger charge is 2.30. The Balaban J connectivity index is 1.60. The van der Waals surface area contributed by atoms with Crippen molar-refractivity contribution in [2.75, 3.05) is 45.6 Å². The zero-order valence-corrected chi connectivity index (χ0v) is 18.2. The highest BCUT2D eigenvalue weighted by atomic mass is 32.2. The van der Waals surface area contributed by atoms with Gasteiger partial charge < -0.3 is 4.90 Å². The van der Waals surface area contributed by atoms with E-state index in [0.717, 1.165) is 4.31 Å². The molecule has 2 heterocycles. The number of urea groups is 1. The minimum atomic E-state index is -3.60. The van der Waals surface area contributed by atoms with Crippen molar-refractivity contribution in [1.82, 2.24) is 18.5 Å². The van der Waals surface area contributed by atoms with E-state index in [0.29, 0.717) is 0 Å². The van der Waals surface area contributed by atoms with E-state index in [-0.39, 0.29) is 41.8 Å². The van der Waals surface area contributed by atoms with Gasteiger partial charge in [-0.15, -0.1) is 0 Å². The van der Waals surface area contributed by atoms with E-state index in [1.165, 1.54) is 41.6 Å². The number of anilines is 1. The highest BCUT2D eigenvalue weighted by Crippen LogP contribution is 2.18. The molecular formula is C18H23N5O5S2. The number of nitrogens with zero attached hydrogens (tertiary/aromatic N) is 4. The fourth-order valence-corrected chi connectivity index (χ4v) is 5.17. The molecule has 0 unspecified atom stereocenters. The smallest absolute Gasteiger partial charge is 0.322 e. The molecule has 1 aliphatic heterocycles. The SMILES string of the molecule is CN(C)S(=O)(=O)c1ccc(NC(=O)N2CCN(S(=O)(=O)c3ccccc3)CC2)nc1. The number of carbonyl (C=O) groups is 1. The van der Waals surface area contributed by atoms with Gasteiger partial charge in [-0.2, -0.15) is 4.31 Å². The van der Waals surface area contributed by atoms with E-state index in [4.69, 9.17) is 0 Å². The van der Waals surface area contributed by atoms with Crippen molar-refractivity contribution in [1.29, 1.82) is 0 Å². The Kier molecular flexibility index (Phi) is 6.41. The monoisotopic (exact) mass is 453 g/mol. The van der Waals surface area contributed by atoms with E-state index in [1.54, 1.807) is 30.3 Å². The van der Waals surface area contributed by atoms with Crippen molar-refractivity contribution in [3.8, 4) is 0 Å². The first-order valence-electron chi connectivity index (χ1n) is 9.12. The van der Waals surface area contributed by atoms with Gasteiger partial charge in [0.2, 0.25) is 20.0 Å². The van der Waals surface area contributed by atoms with Gasteiger partial charge in [0.25, 0.3) is 0 Å². The minimum absolute atomic E-state index is 0.0187. The van der Waals surface area contributed by atoms with Gasteiger partial charge in [-0.25, -0.2) is 30.9 Å². The Morgan fingerprint density at radius 1 is 0.933 bits per heavy atom. The summed E-state index contributed by atoms with van der Waals surface area (Å²) in [5.74, 6) is 0.206. The van der Waals surface area contributed by atoms with Crippen molar-refractivity contribution in [3.63, 3.8) is 0 Å². The fraction of sp³-hybridized carbons (Fsp3) is 0.333. The predicted molar refractivity (Wildman–Crippen MR) is 111 cm³/mol. The number of nitrogens with one attached hydrogen (secondary N) is 1. The lowest BCUT2D eigenvalue weighted by atomic mass is 10.4. The molecule has 1 saturated heterocycles. The van der Waals surface area contributed by atoms with Crippen LogP contribution in [0.3, 0.4) is 0 Å². The average Bonchev–Trinajstić information content (AvgIpc) is 2.74. The summed E-state index contributed by atoms with van der Waals surface area (Å²) in [6.07, 6.45) is 1.18. The zero-order chi connectivity index (χ0) is 21.9. The van der Waals surface area contributed by atoms with Crippen molar-refractivity contribution >= 4 is 31.9 Å². The van der Waals surface area contributed by atoms with Gasteiger partial charge in [0.1, 0.15) is 10.7 Å². The largest absolute Gasteiger partial charge is 0.323 e. The molecular weight excluding hydrogens is 430 g/mol. The molecule has 162 valence electrons. The van der Waals surface area contributed by atoms with Gasteiger partial charge in [-0.3, -0.25) is 5.32 Å². The summed E-state index contributed by atoms with van der Waals surface area (Å²) < 4.78 is 51.9. The summed E-state index contributed by atoms with van der Waals surface area (Å²) in [5, 5.41) is 2.60. The molecule has 0 saturated carbocycles. The number of benzene rings is 1. The van der Waals surface area contributed by atoms with Gasteiger partial charge in [-0.05, 0) is 24.3 Å². The van der Waals surface area contributed by atoms with Crippen molar-refractivity contribution in [2.24, 2.45) is 0 Å². The number of sulfonamides is 2. The summed E-state index contributed by atoms with van der Waals surface area (Å²) in [7, 11) is -4.36. The second-order valence-electron chi connectivity index (χ2n) is 6.80. The Hall–Kier alpha value is -2.54. The first-order chi connectivity index (χ1) is 14.1. The molecule has 2 amide bonds. The Morgan fingerprint density at radius 3 is 2.10 bits per heavy atom. The first-order valence-corrected chi connectivity index (χ1v) is 12.0. The van der Waals surface area contributed by atoms with E-state index < -0.39 is 26.1 Å². The van der Waals surface area contributed by atoms with Crippen LogP contribution in [0.4, 0.5) is 10.6 Å². The molecule has 12 heteroatoms. The normalized spacial score (nSPS) is 15.9. The van der Waals surface area contributed by atoms with Crippen LogP contribution >= 0.6 is 0 Å². The van der Waals surface area contributed by atoms with Crippen LogP contribution in [0.25, 0.3) is 0 Å². The molecule has 0 radical (unpaired) electrons. The second-order valence-corrected chi connectivity index (χ2v) is 10.9. The van der Waals surface area contributed by atoms with Crippen LogP contribution in [-0.4, -0.2) is 81.6 Å². The lowest BCUT2D eigenvalue weighted by molar-refractivity contribution is 0.184. The number of amides is 2. The summed E-state index contributed by atoms with van der Waals surface area (Å²) in [6, 6.07) is 10.5. The minimum Gasteiger partial charge on any atom is -0.322 e. The van der Waals surface area contributed by atoms with E-state index in [9.17, 15) is 21.6 Å². The van der Waals surface area contributed by atoms with Gasteiger partial charge in [0.05, 0.1) is 4.90 Å². The van der Waals surface area contributed by atoms with Gasteiger partial charge >= 0.3 is 6.03 Å². The van der Waals surface area contributed by atoms with E-state index >= 15 is 0 Å². The number of hydrogen-bond acceptors (Lipinski definition) is 6. The highest BCUT2D eigenvalue weighted by molar-refractivity contribution is 7.89. The van der Waals surface area contributed by atoms with Crippen molar-refractivity contribution < 1.29 is 21.6 Å². The first kappa shape index (κ1) is 22.2. The van der Waals surface area contributed by atoms with Gasteiger partial charge in [0, 0.05) is 46.5 Å². The third-order valence-electron chi connectivity index (χ3n) is 4.66. The maximum Gasteiger partial charge on any atom is 0.323 e. The molecule has 0 spiro atoms. The maximum atomic E-state index is 12.7. The third kappa shape index (κ3) is 4.61. The molecule has 3 rings (SSSR count). The van der Waals surface area contributed by atoms with E-state index in [2.05, 4.69) is 10.3 Å². The van der Waals surface area contributed by atoms with Crippen LogP contribution in [-0.2, 0) is 20.0 Å². The fourth-order valence-electron chi connectivity index (χ4n) is 2.88. The standard InChI is InChI=1S/C18H23N5O5S2/c1-21(2)29(25,26)16-8-9-17(19-14-16)20-18(24)22-10-12-23(13-11-22)30(27,28)15-6-4-3-5-7-15/h3-9,14H,10-13H2,1-2H3,(H,19,20,24). The van der Waals surface area contributed by atoms with Crippen LogP contribution in [0, 0.1) is 0 Å². The molecule has 1 fully saturated rings. The molecule has 2 aromatic rings. The van der Waals surface area contributed by atoms with Gasteiger partial charge in [0.15, 0.2) is 0 Å². The third-order valence-corrected chi connectivity index (χ3v) is 8.37. The number of pyridine rings is 1. The quantitative estimate of drug-likeness (QED) is 0.717. The topological polar surface area (TPSA) is 120 Å². The Morgan fingerprint density at radius 2 is 1.57 bits per heavy atom. The number of rotatable bonds is 5. The van der Waals surface area contributed by atoms with Crippen molar-refractivity contribution in [2.45, 2.75) is 9.79 Å². The molecule has 1 aromatic carbocycles. The number of carbonyl (C=O) groups excluding carboxylic acids is 1. The molecule has 10 nitrogen and oxygen atoms in total. The summed E-state index contributed by atoms with van der Waals surface area (Å²) in [6.45, 7) is 0.812. The molecule has 1 aliphatic rings. The van der Waals surface area contributed by atoms with Gasteiger partial charge in [-0.1, -0.05) is 18.2 Å². The van der Waals surface area contributed by atoms with Crippen LogP contribution in [0.5, 0.6) is 0 Å². The molecule has 0 aliphatic carbocycles. The molecule has 0 atom stereocenters.